The van der Waals surface area contributed by atoms with Crippen LogP contribution in [0.5, 0.6) is 0 Å². The first-order chi connectivity index (χ1) is 8.79. The summed E-state index contributed by atoms with van der Waals surface area (Å²) in [6, 6.07) is 13.8. The summed E-state index contributed by atoms with van der Waals surface area (Å²) in [7, 11) is 0. The zero-order valence-electron chi connectivity index (χ0n) is 9.99. The summed E-state index contributed by atoms with van der Waals surface area (Å²) in [6.07, 6.45) is 2.42. The molecule has 0 amide bonds. The van der Waals surface area contributed by atoms with Crippen LogP contribution in [0.4, 0.5) is 0 Å². The number of aliphatic hydroxyl groups excluding tert-OH is 1. The Morgan fingerprint density at radius 1 is 1.17 bits per heavy atom. The molecule has 2 rings (SSSR count). The zero-order valence-corrected chi connectivity index (χ0v) is 10.8. The van der Waals surface area contributed by atoms with Crippen molar-refractivity contribution < 1.29 is 5.11 Å². The molecule has 1 atom stereocenters. The van der Waals surface area contributed by atoms with Gasteiger partial charge in [0.2, 0.25) is 0 Å². The van der Waals surface area contributed by atoms with Crippen molar-refractivity contribution in [3.63, 3.8) is 0 Å². The molecule has 1 aromatic heterocycles. The van der Waals surface area contributed by atoms with Gasteiger partial charge in [0.25, 0.3) is 0 Å². The van der Waals surface area contributed by atoms with Crippen molar-refractivity contribution in [1.82, 2.24) is 4.98 Å². The minimum absolute atomic E-state index is 0.00959. The van der Waals surface area contributed by atoms with Gasteiger partial charge in [-0.2, -0.15) is 0 Å². The molecule has 0 aliphatic heterocycles. The van der Waals surface area contributed by atoms with Crippen LogP contribution in [-0.4, -0.2) is 22.7 Å². The standard InChI is InChI=1S/C14H16N2OS/c15-12(10-17)9-11-5-4-8-16-14(11)18-13-6-2-1-3-7-13/h1-8,12,17H,9-10,15H2. The van der Waals surface area contributed by atoms with Crippen molar-refractivity contribution in [3.05, 3.63) is 54.2 Å². The van der Waals surface area contributed by atoms with E-state index >= 15 is 0 Å². The first-order valence-electron chi connectivity index (χ1n) is 5.83. The van der Waals surface area contributed by atoms with Crippen molar-refractivity contribution in [2.24, 2.45) is 5.73 Å². The van der Waals surface area contributed by atoms with Gasteiger partial charge in [0.15, 0.2) is 0 Å². The third kappa shape index (κ3) is 3.57. The van der Waals surface area contributed by atoms with E-state index in [9.17, 15) is 0 Å². The lowest BCUT2D eigenvalue weighted by Crippen LogP contribution is -2.27. The molecule has 0 aliphatic rings. The van der Waals surface area contributed by atoms with Gasteiger partial charge in [-0.1, -0.05) is 36.0 Å². The molecule has 1 aromatic carbocycles. The van der Waals surface area contributed by atoms with E-state index in [1.54, 1.807) is 18.0 Å². The number of aromatic nitrogens is 1. The van der Waals surface area contributed by atoms with Gasteiger partial charge in [0, 0.05) is 17.1 Å². The maximum absolute atomic E-state index is 9.02. The Bertz CT molecular complexity index is 490. The fourth-order valence-electron chi connectivity index (χ4n) is 1.62. The second kappa shape index (κ2) is 6.54. The van der Waals surface area contributed by atoms with Crippen molar-refractivity contribution in [1.29, 1.82) is 0 Å². The summed E-state index contributed by atoms with van der Waals surface area (Å²) in [5.74, 6) is 0. The summed E-state index contributed by atoms with van der Waals surface area (Å²) in [5.41, 5.74) is 6.86. The quantitative estimate of drug-likeness (QED) is 0.864. The van der Waals surface area contributed by atoms with Crippen LogP contribution in [0.15, 0.2) is 58.6 Å². The van der Waals surface area contributed by atoms with Crippen LogP contribution in [0.2, 0.25) is 0 Å². The first-order valence-corrected chi connectivity index (χ1v) is 6.64. The molecule has 0 bridgehead atoms. The molecule has 0 aliphatic carbocycles. The molecule has 3 N–H and O–H groups in total. The van der Waals surface area contributed by atoms with Crippen molar-refractivity contribution >= 4 is 11.8 Å². The Morgan fingerprint density at radius 2 is 1.94 bits per heavy atom. The Balaban J connectivity index is 2.17. The summed E-state index contributed by atoms with van der Waals surface area (Å²) in [6.45, 7) is -0.00959. The second-order valence-corrected chi connectivity index (χ2v) is 5.09. The summed E-state index contributed by atoms with van der Waals surface area (Å²) < 4.78 is 0. The molecule has 2 aromatic rings. The number of benzene rings is 1. The molecule has 0 spiro atoms. The average molecular weight is 260 g/mol. The highest BCUT2D eigenvalue weighted by atomic mass is 32.2. The van der Waals surface area contributed by atoms with Gasteiger partial charge in [-0.05, 0) is 30.2 Å². The van der Waals surface area contributed by atoms with E-state index in [4.69, 9.17) is 10.8 Å². The fourth-order valence-corrected chi connectivity index (χ4v) is 2.53. The van der Waals surface area contributed by atoms with E-state index < -0.39 is 0 Å². The predicted molar refractivity (Wildman–Crippen MR) is 73.6 cm³/mol. The molecule has 94 valence electrons. The molecule has 1 unspecified atom stereocenters. The highest BCUT2D eigenvalue weighted by molar-refractivity contribution is 7.99. The number of hydrogen-bond acceptors (Lipinski definition) is 4. The van der Waals surface area contributed by atoms with E-state index in [-0.39, 0.29) is 12.6 Å². The molecule has 0 saturated carbocycles. The van der Waals surface area contributed by atoms with E-state index in [2.05, 4.69) is 17.1 Å². The number of aliphatic hydroxyl groups is 1. The molecule has 1 heterocycles. The maximum Gasteiger partial charge on any atom is 0.104 e. The summed E-state index contributed by atoms with van der Waals surface area (Å²) in [4.78, 5) is 5.54. The van der Waals surface area contributed by atoms with E-state index in [0.29, 0.717) is 6.42 Å². The molecule has 18 heavy (non-hydrogen) atoms. The smallest absolute Gasteiger partial charge is 0.104 e. The number of nitrogens with zero attached hydrogens (tertiary/aromatic N) is 1. The molecule has 4 heteroatoms. The highest BCUT2D eigenvalue weighted by Crippen LogP contribution is 2.28. The average Bonchev–Trinajstić information content (AvgIpc) is 2.42. The van der Waals surface area contributed by atoms with Crippen LogP contribution in [0.25, 0.3) is 0 Å². The maximum atomic E-state index is 9.02. The molecular weight excluding hydrogens is 244 g/mol. The van der Waals surface area contributed by atoms with Crippen molar-refractivity contribution in [2.75, 3.05) is 6.61 Å². The van der Waals surface area contributed by atoms with Crippen LogP contribution >= 0.6 is 11.8 Å². The third-order valence-corrected chi connectivity index (χ3v) is 3.59. The Morgan fingerprint density at radius 3 is 2.67 bits per heavy atom. The van der Waals surface area contributed by atoms with E-state index in [1.165, 1.54) is 0 Å². The number of rotatable bonds is 5. The van der Waals surface area contributed by atoms with Gasteiger partial charge >= 0.3 is 0 Å². The van der Waals surface area contributed by atoms with Gasteiger partial charge in [-0.3, -0.25) is 0 Å². The molecule has 0 fully saturated rings. The first kappa shape index (κ1) is 13.1. The predicted octanol–water partition coefficient (Wildman–Crippen LogP) is 2.09. The van der Waals surface area contributed by atoms with Gasteiger partial charge in [0.05, 0.1) is 6.61 Å². The lowest BCUT2D eigenvalue weighted by molar-refractivity contribution is 0.265. The van der Waals surface area contributed by atoms with Gasteiger partial charge in [-0.25, -0.2) is 4.98 Å². The highest BCUT2D eigenvalue weighted by Gasteiger charge is 2.09. The van der Waals surface area contributed by atoms with Crippen LogP contribution < -0.4 is 5.73 Å². The van der Waals surface area contributed by atoms with E-state index in [1.807, 2.05) is 30.3 Å². The van der Waals surface area contributed by atoms with Gasteiger partial charge in [0.1, 0.15) is 5.03 Å². The molecule has 0 saturated heterocycles. The summed E-state index contributed by atoms with van der Waals surface area (Å²) in [5, 5.41) is 9.98. The van der Waals surface area contributed by atoms with Crippen LogP contribution in [0.3, 0.4) is 0 Å². The minimum Gasteiger partial charge on any atom is -0.395 e. The molecule has 0 radical (unpaired) electrons. The van der Waals surface area contributed by atoms with Gasteiger partial charge in [-0.15, -0.1) is 0 Å². The van der Waals surface area contributed by atoms with Crippen LogP contribution in [-0.2, 0) is 6.42 Å². The van der Waals surface area contributed by atoms with Crippen LogP contribution in [0.1, 0.15) is 5.56 Å². The molecule has 3 nitrogen and oxygen atoms in total. The molecular formula is C14H16N2OS. The Hall–Kier alpha value is -1.36. The largest absolute Gasteiger partial charge is 0.395 e. The Labute approximate surface area is 111 Å². The van der Waals surface area contributed by atoms with Gasteiger partial charge < -0.3 is 10.8 Å². The topological polar surface area (TPSA) is 59.1 Å². The monoisotopic (exact) mass is 260 g/mol. The van der Waals surface area contributed by atoms with E-state index in [0.717, 1.165) is 15.5 Å². The summed E-state index contributed by atoms with van der Waals surface area (Å²) >= 11 is 1.62. The normalized spacial score (nSPS) is 12.3. The van der Waals surface area contributed by atoms with Crippen molar-refractivity contribution in [3.8, 4) is 0 Å². The lowest BCUT2D eigenvalue weighted by Gasteiger charge is -2.11. The van der Waals surface area contributed by atoms with Crippen molar-refractivity contribution in [2.45, 2.75) is 22.4 Å². The number of pyridine rings is 1. The number of nitrogens with two attached hydrogens (primary N) is 1. The minimum atomic E-state index is -0.232. The number of hydrogen-bond donors (Lipinski definition) is 2. The third-order valence-electron chi connectivity index (χ3n) is 2.52. The Kier molecular flexibility index (Phi) is 4.75. The SMILES string of the molecule is NC(CO)Cc1cccnc1Sc1ccccc1. The second-order valence-electron chi connectivity index (χ2n) is 4.03. The lowest BCUT2D eigenvalue weighted by atomic mass is 10.1. The van der Waals surface area contributed by atoms with Crippen LogP contribution in [0, 0.1) is 0 Å². The zero-order chi connectivity index (χ0) is 12.8. The fraction of sp³-hybridized carbons (Fsp3) is 0.214.